The molecule has 1 aromatic rings. The number of carbonyl (C=O) groups excluding carboxylic acids is 3. The van der Waals surface area contributed by atoms with Crippen LogP contribution in [0.15, 0.2) is 24.3 Å². The van der Waals surface area contributed by atoms with Gasteiger partial charge in [0.25, 0.3) is 5.91 Å². The molecular formula is C18H21N5O3. The number of amides is 4. The van der Waals surface area contributed by atoms with Gasteiger partial charge in [0.2, 0.25) is 5.91 Å². The van der Waals surface area contributed by atoms with Gasteiger partial charge in [0.15, 0.2) is 0 Å². The maximum atomic E-state index is 12.6. The van der Waals surface area contributed by atoms with E-state index in [-0.39, 0.29) is 17.8 Å². The Hall–Kier alpha value is -2.92. The van der Waals surface area contributed by atoms with Gasteiger partial charge in [-0.2, -0.15) is 5.26 Å². The first kappa shape index (κ1) is 17.9. The number of carbonyl (C=O) groups is 3. The van der Waals surface area contributed by atoms with Crippen molar-refractivity contribution in [2.75, 3.05) is 31.5 Å². The molecule has 26 heavy (non-hydrogen) atoms. The summed E-state index contributed by atoms with van der Waals surface area (Å²) in [5.74, 6) is -0.408. The molecule has 2 aliphatic heterocycles. The number of nitrogens with one attached hydrogen (secondary N) is 1. The molecule has 2 heterocycles. The molecule has 0 unspecified atom stereocenters. The smallest absolute Gasteiger partial charge is 0.325 e. The first-order valence-corrected chi connectivity index (χ1v) is 8.63. The van der Waals surface area contributed by atoms with Crippen LogP contribution < -0.4 is 5.32 Å². The molecule has 2 aliphatic rings. The van der Waals surface area contributed by atoms with Gasteiger partial charge in [0, 0.05) is 31.9 Å². The highest BCUT2D eigenvalue weighted by Crippen LogP contribution is 2.23. The summed E-state index contributed by atoms with van der Waals surface area (Å²) in [5.41, 5.74) is 1.03. The van der Waals surface area contributed by atoms with E-state index in [9.17, 15) is 14.4 Å². The molecular weight excluding hydrogens is 334 g/mol. The lowest BCUT2D eigenvalue weighted by molar-refractivity contribution is -0.131. The Balaban J connectivity index is 1.66. The summed E-state index contributed by atoms with van der Waals surface area (Å²) in [7, 11) is 0. The van der Waals surface area contributed by atoms with Crippen LogP contribution in [0.3, 0.4) is 0 Å². The van der Waals surface area contributed by atoms with Crippen molar-refractivity contribution in [3.63, 3.8) is 0 Å². The number of likely N-dealkylation sites (N-methyl/N-ethyl adjacent to an activating group) is 1. The van der Waals surface area contributed by atoms with E-state index in [1.54, 1.807) is 43.0 Å². The highest BCUT2D eigenvalue weighted by Gasteiger charge is 2.47. The number of imide groups is 1. The summed E-state index contributed by atoms with van der Waals surface area (Å²) >= 11 is 0. The third-order valence-electron chi connectivity index (χ3n) is 4.94. The van der Waals surface area contributed by atoms with Crippen LogP contribution in [0.25, 0.3) is 0 Å². The van der Waals surface area contributed by atoms with Gasteiger partial charge < -0.3 is 10.2 Å². The third kappa shape index (κ3) is 3.13. The van der Waals surface area contributed by atoms with Gasteiger partial charge in [-0.1, -0.05) is 6.07 Å². The van der Waals surface area contributed by atoms with E-state index in [4.69, 9.17) is 5.26 Å². The molecule has 0 aromatic heterocycles. The number of nitrogens with zero attached hydrogens (tertiary/aromatic N) is 4. The molecule has 136 valence electrons. The Bertz CT molecular complexity index is 787. The molecule has 0 spiro atoms. The number of benzene rings is 1. The standard InChI is InChI=1S/C18H21N5O3/c1-3-22-17(25)15-11-21(7-8-23(15)18(22)26)12(2)16(24)20-14-6-4-5-13(9-14)10-19/h4-6,9,12,15H,3,7-8,11H2,1-2H3,(H,20,24)/t12-,15+/m1/s1. The molecule has 2 atom stereocenters. The molecule has 0 radical (unpaired) electrons. The topological polar surface area (TPSA) is 96.8 Å². The maximum absolute atomic E-state index is 12.6. The van der Waals surface area contributed by atoms with Gasteiger partial charge in [-0.05, 0) is 32.0 Å². The van der Waals surface area contributed by atoms with Gasteiger partial charge in [0.1, 0.15) is 6.04 Å². The molecule has 2 saturated heterocycles. The van der Waals surface area contributed by atoms with Gasteiger partial charge in [-0.15, -0.1) is 0 Å². The summed E-state index contributed by atoms with van der Waals surface area (Å²) in [6.45, 7) is 5.20. The van der Waals surface area contributed by atoms with Crippen molar-refractivity contribution in [3.05, 3.63) is 29.8 Å². The second-order valence-electron chi connectivity index (χ2n) is 6.43. The zero-order valence-electron chi connectivity index (χ0n) is 14.8. The van der Waals surface area contributed by atoms with E-state index in [0.717, 1.165) is 0 Å². The van der Waals surface area contributed by atoms with Crippen molar-refractivity contribution >= 4 is 23.5 Å². The van der Waals surface area contributed by atoms with E-state index in [0.29, 0.717) is 37.4 Å². The average molecular weight is 355 g/mol. The quantitative estimate of drug-likeness (QED) is 0.808. The van der Waals surface area contributed by atoms with E-state index in [1.165, 1.54) is 4.90 Å². The molecule has 3 rings (SSSR count). The molecule has 1 aromatic carbocycles. The second kappa shape index (κ2) is 7.14. The van der Waals surface area contributed by atoms with Crippen molar-refractivity contribution in [1.82, 2.24) is 14.7 Å². The van der Waals surface area contributed by atoms with Crippen LogP contribution >= 0.6 is 0 Å². The summed E-state index contributed by atoms with van der Waals surface area (Å²) in [5, 5.41) is 11.8. The highest BCUT2D eigenvalue weighted by molar-refractivity contribution is 6.04. The van der Waals surface area contributed by atoms with Gasteiger partial charge in [-0.3, -0.25) is 19.4 Å². The number of anilines is 1. The molecule has 8 nitrogen and oxygen atoms in total. The lowest BCUT2D eigenvalue weighted by Crippen LogP contribution is -2.57. The molecule has 0 aliphatic carbocycles. The molecule has 4 amide bonds. The van der Waals surface area contributed by atoms with Crippen LogP contribution in [0.4, 0.5) is 10.5 Å². The first-order chi connectivity index (χ1) is 12.5. The fourth-order valence-corrected chi connectivity index (χ4v) is 3.40. The Labute approximate surface area is 152 Å². The van der Waals surface area contributed by atoms with Gasteiger partial charge >= 0.3 is 6.03 Å². The van der Waals surface area contributed by atoms with Crippen LogP contribution in [0.1, 0.15) is 19.4 Å². The van der Waals surface area contributed by atoms with E-state index >= 15 is 0 Å². The zero-order valence-corrected chi connectivity index (χ0v) is 14.8. The van der Waals surface area contributed by atoms with Crippen molar-refractivity contribution in [2.24, 2.45) is 0 Å². The van der Waals surface area contributed by atoms with Gasteiger partial charge in [0.05, 0.1) is 17.7 Å². The van der Waals surface area contributed by atoms with Crippen molar-refractivity contribution in [1.29, 1.82) is 5.26 Å². The molecule has 8 heteroatoms. The predicted molar refractivity (Wildman–Crippen MR) is 94.1 cm³/mol. The van der Waals surface area contributed by atoms with Crippen LogP contribution in [0.5, 0.6) is 0 Å². The largest absolute Gasteiger partial charge is 0.327 e. The van der Waals surface area contributed by atoms with E-state index in [2.05, 4.69) is 5.32 Å². The van der Waals surface area contributed by atoms with Crippen LogP contribution in [-0.2, 0) is 9.59 Å². The van der Waals surface area contributed by atoms with E-state index < -0.39 is 12.1 Å². The lowest BCUT2D eigenvalue weighted by atomic mass is 10.1. The molecule has 1 N–H and O–H groups in total. The Morgan fingerprint density at radius 1 is 1.38 bits per heavy atom. The third-order valence-corrected chi connectivity index (χ3v) is 4.94. The monoisotopic (exact) mass is 355 g/mol. The summed E-state index contributed by atoms with van der Waals surface area (Å²) in [6.07, 6.45) is 0. The fourth-order valence-electron chi connectivity index (χ4n) is 3.40. The summed E-state index contributed by atoms with van der Waals surface area (Å²) in [4.78, 5) is 41.9. The van der Waals surface area contributed by atoms with Crippen LogP contribution in [0, 0.1) is 11.3 Å². The predicted octanol–water partition coefficient (Wildman–Crippen LogP) is 0.854. The minimum absolute atomic E-state index is 0.198. The minimum Gasteiger partial charge on any atom is -0.325 e. The summed E-state index contributed by atoms with van der Waals surface area (Å²) in [6, 6.07) is 7.53. The number of hydrogen-bond donors (Lipinski definition) is 1. The van der Waals surface area contributed by atoms with Crippen molar-refractivity contribution in [2.45, 2.75) is 25.9 Å². The average Bonchev–Trinajstić information content (AvgIpc) is 2.90. The first-order valence-electron chi connectivity index (χ1n) is 8.63. The SMILES string of the molecule is CCN1C(=O)[C@@H]2CN([C@H](C)C(=O)Nc3cccc(C#N)c3)CCN2C1=O. The van der Waals surface area contributed by atoms with E-state index in [1.807, 2.05) is 11.0 Å². The van der Waals surface area contributed by atoms with Crippen LogP contribution in [-0.4, -0.2) is 70.8 Å². The normalized spacial score (nSPS) is 21.3. The van der Waals surface area contributed by atoms with Crippen molar-refractivity contribution in [3.8, 4) is 6.07 Å². The Kier molecular flexibility index (Phi) is 4.91. The highest BCUT2D eigenvalue weighted by atomic mass is 16.2. The Morgan fingerprint density at radius 3 is 2.85 bits per heavy atom. The maximum Gasteiger partial charge on any atom is 0.327 e. The van der Waals surface area contributed by atoms with Gasteiger partial charge in [-0.25, -0.2) is 4.79 Å². The number of hydrogen-bond acceptors (Lipinski definition) is 5. The molecule has 0 saturated carbocycles. The van der Waals surface area contributed by atoms with Crippen molar-refractivity contribution < 1.29 is 14.4 Å². The zero-order chi connectivity index (χ0) is 18.8. The number of fused-ring (bicyclic) bond motifs is 1. The number of nitriles is 1. The molecule has 0 bridgehead atoms. The van der Waals surface area contributed by atoms with Crippen LogP contribution in [0.2, 0.25) is 0 Å². The number of urea groups is 1. The summed E-state index contributed by atoms with van der Waals surface area (Å²) < 4.78 is 0. The second-order valence-corrected chi connectivity index (χ2v) is 6.43. The lowest BCUT2D eigenvalue weighted by Gasteiger charge is -2.38. The molecule has 2 fully saturated rings. The Morgan fingerprint density at radius 2 is 2.15 bits per heavy atom. The number of piperazine rings is 1. The minimum atomic E-state index is -0.520. The fraction of sp³-hybridized carbons (Fsp3) is 0.444. The number of rotatable bonds is 4.